The van der Waals surface area contributed by atoms with Gasteiger partial charge in [-0.1, -0.05) is 6.08 Å². The fourth-order valence-corrected chi connectivity index (χ4v) is 0.952. The topological polar surface area (TPSA) is 18.5 Å². The third kappa shape index (κ3) is 8.27. The maximum absolute atomic E-state index is 5.41. The van der Waals surface area contributed by atoms with Crippen molar-refractivity contribution in [2.24, 2.45) is 0 Å². The molecule has 0 spiro atoms. The van der Waals surface area contributed by atoms with Crippen molar-refractivity contribution in [2.75, 3.05) is 0 Å². The molecular formula is C12H24O2. The van der Waals surface area contributed by atoms with Gasteiger partial charge in [0, 0.05) is 0 Å². The molecule has 0 rings (SSSR count). The van der Waals surface area contributed by atoms with E-state index in [2.05, 4.69) is 6.58 Å². The molecule has 0 aliphatic carbocycles. The maximum atomic E-state index is 5.41. The first-order valence-electron chi connectivity index (χ1n) is 5.24. The second-order valence-corrected chi connectivity index (χ2v) is 5.22. The minimum absolute atomic E-state index is 0.212. The summed E-state index contributed by atoms with van der Waals surface area (Å²) in [6.07, 6.45) is 5.03. The van der Waals surface area contributed by atoms with Crippen LogP contribution in [0.25, 0.3) is 0 Å². The Morgan fingerprint density at radius 2 is 1.64 bits per heavy atom. The van der Waals surface area contributed by atoms with Gasteiger partial charge in [-0.25, -0.2) is 9.78 Å². The van der Waals surface area contributed by atoms with E-state index < -0.39 is 0 Å². The summed E-state index contributed by atoms with van der Waals surface area (Å²) in [5.74, 6) is 0. The highest BCUT2D eigenvalue weighted by Crippen LogP contribution is 2.21. The molecule has 84 valence electrons. The second kappa shape index (κ2) is 5.52. The number of hydrogen-bond donors (Lipinski definition) is 0. The summed E-state index contributed by atoms with van der Waals surface area (Å²) in [7, 11) is 0. The van der Waals surface area contributed by atoms with Gasteiger partial charge in [0.05, 0.1) is 11.2 Å². The van der Waals surface area contributed by atoms with Crippen LogP contribution in [0.5, 0.6) is 0 Å². The number of hydrogen-bond acceptors (Lipinski definition) is 2. The standard InChI is InChI=1S/C12H24O2/c1-7-8-9-10-12(5,6)14-13-11(2,3)4/h7H,1,8-10H2,2-6H3. The zero-order valence-corrected chi connectivity index (χ0v) is 10.2. The first kappa shape index (κ1) is 13.7. The summed E-state index contributed by atoms with van der Waals surface area (Å²) in [6, 6.07) is 0. The van der Waals surface area contributed by atoms with Crippen molar-refractivity contribution >= 4 is 0 Å². The van der Waals surface area contributed by atoms with E-state index in [0.717, 1.165) is 19.3 Å². The van der Waals surface area contributed by atoms with Crippen molar-refractivity contribution in [2.45, 2.75) is 65.1 Å². The van der Waals surface area contributed by atoms with Crippen LogP contribution in [0.2, 0.25) is 0 Å². The largest absolute Gasteiger partial charge is 0.230 e. The molecule has 0 aliphatic rings. The van der Waals surface area contributed by atoms with Crippen LogP contribution in [-0.2, 0) is 9.78 Å². The Morgan fingerprint density at radius 1 is 1.07 bits per heavy atom. The van der Waals surface area contributed by atoms with Crippen LogP contribution in [-0.4, -0.2) is 11.2 Å². The molecule has 0 radical (unpaired) electrons. The fraction of sp³-hybridized carbons (Fsp3) is 0.833. The molecule has 0 N–H and O–H groups in total. The smallest absolute Gasteiger partial charge is 0.0980 e. The van der Waals surface area contributed by atoms with Crippen LogP contribution >= 0.6 is 0 Å². The molecule has 0 aliphatic heterocycles. The molecule has 0 aromatic rings. The monoisotopic (exact) mass is 200 g/mol. The van der Waals surface area contributed by atoms with Crippen LogP contribution in [0.3, 0.4) is 0 Å². The Balaban J connectivity index is 3.77. The van der Waals surface area contributed by atoms with E-state index in [1.54, 1.807) is 0 Å². The van der Waals surface area contributed by atoms with Gasteiger partial charge >= 0.3 is 0 Å². The maximum Gasteiger partial charge on any atom is 0.0980 e. The van der Waals surface area contributed by atoms with Crippen LogP contribution in [0.4, 0.5) is 0 Å². The minimum Gasteiger partial charge on any atom is -0.230 e. The summed E-state index contributed by atoms with van der Waals surface area (Å²) in [6.45, 7) is 13.7. The average Bonchev–Trinajstić information content (AvgIpc) is 2.00. The molecule has 0 aromatic heterocycles. The summed E-state index contributed by atoms with van der Waals surface area (Å²) in [5.41, 5.74) is -0.452. The SMILES string of the molecule is C=CCCCC(C)(C)OOC(C)(C)C. The molecule has 0 saturated heterocycles. The van der Waals surface area contributed by atoms with Gasteiger partial charge in [-0.2, -0.15) is 0 Å². The van der Waals surface area contributed by atoms with E-state index in [-0.39, 0.29) is 11.2 Å². The van der Waals surface area contributed by atoms with Gasteiger partial charge in [-0.15, -0.1) is 6.58 Å². The molecule has 2 heteroatoms. The summed E-state index contributed by atoms with van der Waals surface area (Å²) in [5, 5.41) is 0. The van der Waals surface area contributed by atoms with Crippen LogP contribution in [0, 0.1) is 0 Å². The lowest BCUT2D eigenvalue weighted by Gasteiger charge is -2.28. The van der Waals surface area contributed by atoms with Gasteiger partial charge in [0.1, 0.15) is 0 Å². The molecular weight excluding hydrogens is 176 g/mol. The summed E-state index contributed by atoms with van der Waals surface area (Å²) in [4.78, 5) is 10.7. The summed E-state index contributed by atoms with van der Waals surface area (Å²) < 4.78 is 0. The predicted octanol–water partition coefficient (Wildman–Crippen LogP) is 3.87. The third-order valence-corrected chi connectivity index (χ3v) is 1.70. The van der Waals surface area contributed by atoms with Gasteiger partial charge in [0.15, 0.2) is 0 Å². The van der Waals surface area contributed by atoms with Crippen molar-refractivity contribution in [1.29, 1.82) is 0 Å². The molecule has 0 unspecified atom stereocenters. The highest BCUT2D eigenvalue weighted by Gasteiger charge is 2.22. The molecule has 2 nitrogen and oxygen atoms in total. The first-order valence-corrected chi connectivity index (χ1v) is 5.24. The quantitative estimate of drug-likeness (QED) is 0.280. The number of rotatable bonds is 6. The number of allylic oxidation sites excluding steroid dienone is 1. The summed E-state index contributed by atoms with van der Waals surface area (Å²) >= 11 is 0. The zero-order valence-electron chi connectivity index (χ0n) is 10.2. The van der Waals surface area contributed by atoms with Crippen LogP contribution in [0.1, 0.15) is 53.9 Å². The Hall–Kier alpha value is -0.340. The van der Waals surface area contributed by atoms with Crippen molar-refractivity contribution in [1.82, 2.24) is 0 Å². The Morgan fingerprint density at radius 3 is 2.07 bits per heavy atom. The fourth-order valence-electron chi connectivity index (χ4n) is 0.952. The molecule has 0 amide bonds. The van der Waals surface area contributed by atoms with Crippen LogP contribution in [0.15, 0.2) is 12.7 Å². The van der Waals surface area contributed by atoms with Crippen LogP contribution < -0.4 is 0 Å². The van der Waals surface area contributed by atoms with E-state index in [1.807, 2.05) is 40.7 Å². The highest BCUT2D eigenvalue weighted by atomic mass is 17.2. The van der Waals surface area contributed by atoms with Crippen molar-refractivity contribution in [3.05, 3.63) is 12.7 Å². The Labute approximate surface area is 88.2 Å². The van der Waals surface area contributed by atoms with E-state index in [0.29, 0.717) is 0 Å². The van der Waals surface area contributed by atoms with Crippen molar-refractivity contribution in [3.8, 4) is 0 Å². The highest BCUT2D eigenvalue weighted by molar-refractivity contribution is 4.72. The molecule has 0 saturated carbocycles. The molecule has 0 fully saturated rings. The minimum atomic E-state index is -0.240. The lowest BCUT2D eigenvalue weighted by molar-refractivity contribution is -0.398. The molecule has 0 bridgehead atoms. The lowest BCUT2D eigenvalue weighted by Crippen LogP contribution is -2.30. The van der Waals surface area contributed by atoms with Gasteiger partial charge < -0.3 is 0 Å². The Bertz CT molecular complexity index is 166. The van der Waals surface area contributed by atoms with Crippen molar-refractivity contribution in [3.63, 3.8) is 0 Å². The zero-order chi connectivity index (χ0) is 11.2. The molecule has 0 heterocycles. The van der Waals surface area contributed by atoms with Gasteiger partial charge in [0.2, 0.25) is 0 Å². The second-order valence-electron chi connectivity index (χ2n) is 5.22. The average molecular weight is 200 g/mol. The Kier molecular flexibility index (Phi) is 5.38. The van der Waals surface area contributed by atoms with Crippen molar-refractivity contribution < 1.29 is 9.78 Å². The van der Waals surface area contributed by atoms with E-state index >= 15 is 0 Å². The molecule has 0 aromatic carbocycles. The normalized spacial score (nSPS) is 12.9. The predicted molar refractivity (Wildman–Crippen MR) is 60.1 cm³/mol. The van der Waals surface area contributed by atoms with E-state index in [1.165, 1.54) is 0 Å². The van der Waals surface area contributed by atoms with Gasteiger partial charge in [-0.3, -0.25) is 0 Å². The van der Waals surface area contributed by atoms with E-state index in [9.17, 15) is 0 Å². The van der Waals surface area contributed by atoms with Gasteiger partial charge in [0.25, 0.3) is 0 Å². The number of unbranched alkanes of at least 4 members (excludes halogenated alkanes) is 1. The molecule has 0 atom stereocenters. The lowest BCUT2D eigenvalue weighted by atomic mass is 10.0. The van der Waals surface area contributed by atoms with Gasteiger partial charge in [-0.05, 0) is 53.9 Å². The first-order chi connectivity index (χ1) is 6.27. The van der Waals surface area contributed by atoms with E-state index in [4.69, 9.17) is 9.78 Å². The molecule has 14 heavy (non-hydrogen) atoms. The third-order valence-electron chi connectivity index (χ3n) is 1.70.